The summed E-state index contributed by atoms with van der Waals surface area (Å²) >= 11 is 0. The highest BCUT2D eigenvalue weighted by atomic mass is 16.5. The molecular weight excluding hydrogens is 292 g/mol. The van der Waals surface area contributed by atoms with E-state index in [0.717, 1.165) is 31.3 Å². The highest BCUT2D eigenvalue weighted by molar-refractivity contribution is 6.07. The van der Waals surface area contributed by atoms with Crippen LogP contribution in [0.25, 0.3) is 0 Å². The minimum absolute atomic E-state index is 0.231. The van der Waals surface area contributed by atoms with Crippen molar-refractivity contribution in [3.8, 4) is 17.6 Å². The first-order chi connectivity index (χ1) is 11.1. The van der Waals surface area contributed by atoms with Crippen LogP contribution >= 0.6 is 0 Å². The van der Waals surface area contributed by atoms with Crippen LogP contribution in [0.1, 0.15) is 32.6 Å². The molecule has 0 aliphatic heterocycles. The largest absolute Gasteiger partial charge is 0.497 e. The first kappa shape index (κ1) is 16.9. The molecule has 0 unspecified atom stereocenters. The van der Waals surface area contributed by atoms with Crippen LogP contribution < -0.4 is 14.8 Å². The molecule has 2 rings (SSSR count). The fourth-order valence-electron chi connectivity index (χ4n) is 2.74. The molecule has 0 heterocycles. The molecule has 0 saturated heterocycles. The van der Waals surface area contributed by atoms with Gasteiger partial charge >= 0.3 is 0 Å². The Kier molecular flexibility index (Phi) is 5.64. The number of methoxy groups -OCH3 is 2. The predicted octanol–water partition coefficient (Wildman–Crippen LogP) is 3.67. The average molecular weight is 314 g/mol. The average Bonchev–Trinajstić information content (AvgIpc) is 2.57. The molecule has 122 valence electrons. The third-order valence-electron chi connectivity index (χ3n) is 4.23. The SMILES string of the molecule is COc1ccc(NC(=O)C(C#N)=C2CCC(C)CC2)c(OC)c1. The summed E-state index contributed by atoms with van der Waals surface area (Å²) in [5.41, 5.74) is 1.71. The van der Waals surface area contributed by atoms with Crippen LogP contribution in [0.2, 0.25) is 0 Å². The maximum atomic E-state index is 12.5. The van der Waals surface area contributed by atoms with Gasteiger partial charge in [-0.2, -0.15) is 5.26 Å². The molecule has 0 atom stereocenters. The maximum absolute atomic E-state index is 12.5. The molecule has 5 nitrogen and oxygen atoms in total. The van der Waals surface area contributed by atoms with E-state index in [9.17, 15) is 10.1 Å². The number of hydrogen-bond acceptors (Lipinski definition) is 4. The Morgan fingerprint density at radius 2 is 1.96 bits per heavy atom. The predicted molar refractivity (Wildman–Crippen MR) is 88.4 cm³/mol. The van der Waals surface area contributed by atoms with Gasteiger partial charge in [0.05, 0.1) is 19.9 Å². The van der Waals surface area contributed by atoms with Crippen LogP contribution in [-0.4, -0.2) is 20.1 Å². The van der Waals surface area contributed by atoms with Gasteiger partial charge in [-0.15, -0.1) is 0 Å². The zero-order valence-corrected chi connectivity index (χ0v) is 13.8. The van der Waals surface area contributed by atoms with Crippen molar-refractivity contribution in [2.75, 3.05) is 19.5 Å². The van der Waals surface area contributed by atoms with Gasteiger partial charge in [0, 0.05) is 6.07 Å². The summed E-state index contributed by atoms with van der Waals surface area (Å²) in [6.07, 6.45) is 3.69. The van der Waals surface area contributed by atoms with E-state index in [1.54, 1.807) is 25.3 Å². The molecule has 1 amide bonds. The standard InChI is InChI=1S/C18H22N2O3/c1-12-4-6-13(7-5-12)15(11-19)18(21)20-16-9-8-14(22-2)10-17(16)23-3/h8-10,12H,4-7H2,1-3H3,(H,20,21). The zero-order chi connectivity index (χ0) is 16.8. The summed E-state index contributed by atoms with van der Waals surface area (Å²) in [4.78, 5) is 12.5. The normalized spacial score (nSPS) is 17.1. The summed E-state index contributed by atoms with van der Waals surface area (Å²) in [7, 11) is 3.09. The summed E-state index contributed by atoms with van der Waals surface area (Å²) in [5.74, 6) is 1.42. The molecule has 1 fully saturated rings. The molecule has 0 aromatic heterocycles. The third-order valence-corrected chi connectivity index (χ3v) is 4.23. The molecule has 1 N–H and O–H groups in total. The van der Waals surface area contributed by atoms with Gasteiger partial charge in [-0.1, -0.05) is 6.92 Å². The van der Waals surface area contributed by atoms with Crippen LogP contribution in [0.3, 0.4) is 0 Å². The van der Waals surface area contributed by atoms with Crippen molar-refractivity contribution in [1.82, 2.24) is 0 Å². The van der Waals surface area contributed by atoms with Crippen molar-refractivity contribution in [2.24, 2.45) is 5.92 Å². The quantitative estimate of drug-likeness (QED) is 0.680. The molecule has 1 aliphatic carbocycles. The lowest BCUT2D eigenvalue weighted by Crippen LogP contribution is -2.18. The van der Waals surface area contributed by atoms with Crippen molar-refractivity contribution >= 4 is 11.6 Å². The summed E-state index contributed by atoms with van der Waals surface area (Å²) < 4.78 is 10.4. The number of amides is 1. The Morgan fingerprint density at radius 3 is 2.52 bits per heavy atom. The summed E-state index contributed by atoms with van der Waals surface area (Å²) in [5, 5.41) is 12.2. The van der Waals surface area contributed by atoms with Crippen LogP contribution in [0.4, 0.5) is 5.69 Å². The van der Waals surface area contributed by atoms with Gasteiger partial charge in [-0.25, -0.2) is 0 Å². The molecule has 5 heteroatoms. The van der Waals surface area contributed by atoms with Crippen LogP contribution in [0, 0.1) is 17.2 Å². The van der Waals surface area contributed by atoms with Gasteiger partial charge < -0.3 is 14.8 Å². The van der Waals surface area contributed by atoms with Gasteiger partial charge in [-0.3, -0.25) is 4.79 Å². The van der Waals surface area contributed by atoms with Crippen molar-refractivity contribution in [2.45, 2.75) is 32.6 Å². The van der Waals surface area contributed by atoms with E-state index in [2.05, 4.69) is 18.3 Å². The van der Waals surface area contributed by atoms with Crippen molar-refractivity contribution in [3.05, 3.63) is 29.3 Å². The summed E-state index contributed by atoms with van der Waals surface area (Å²) in [6, 6.07) is 7.20. The van der Waals surface area contributed by atoms with Gasteiger partial charge in [0.2, 0.25) is 0 Å². The van der Waals surface area contributed by atoms with Crippen molar-refractivity contribution in [3.63, 3.8) is 0 Å². The number of carbonyl (C=O) groups is 1. The molecule has 0 spiro atoms. The van der Waals surface area contributed by atoms with Gasteiger partial charge in [0.15, 0.2) is 0 Å². The minimum Gasteiger partial charge on any atom is -0.497 e. The Hall–Kier alpha value is -2.48. The van der Waals surface area contributed by atoms with E-state index in [1.165, 1.54) is 7.11 Å². The Morgan fingerprint density at radius 1 is 1.26 bits per heavy atom. The van der Waals surface area contributed by atoms with Crippen LogP contribution in [-0.2, 0) is 4.79 Å². The number of benzene rings is 1. The number of nitrogens with zero attached hydrogens (tertiary/aromatic N) is 1. The molecule has 0 radical (unpaired) electrons. The van der Waals surface area contributed by atoms with Crippen LogP contribution in [0.15, 0.2) is 29.3 Å². The van der Waals surface area contributed by atoms with Crippen LogP contribution in [0.5, 0.6) is 11.5 Å². The first-order valence-corrected chi connectivity index (χ1v) is 7.74. The lowest BCUT2D eigenvalue weighted by Gasteiger charge is -2.21. The maximum Gasteiger partial charge on any atom is 0.266 e. The van der Waals surface area contributed by atoms with E-state index in [4.69, 9.17) is 9.47 Å². The third kappa shape index (κ3) is 4.04. The zero-order valence-electron chi connectivity index (χ0n) is 13.8. The van der Waals surface area contributed by atoms with Crippen molar-refractivity contribution < 1.29 is 14.3 Å². The second kappa shape index (κ2) is 7.68. The van der Waals surface area contributed by atoms with E-state index in [1.807, 2.05) is 0 Å². The number of allylic oxidation sites excluding steroid dienone is 1. The molecule has 23 heavy (non-hydrogen) atoms. The van der Waals surface area contributed by atoms with Gasteiger partial charge in [0.1, 0.15) is 23.1 Å². The molecule has 1 aliphatic rings. The Bertz CT molecular complexity index is 649. The van der Waals surface area contributed by atoms with Gasteiger partial charge in [-0.05, 0) is 49.3 Å². The fourth-order valence-corrected chi connectivity index (χ4v) is 2.74. The monoisotopic (exact) mass is 314 g/mol. The lowest BCUT2D eigenvalue weighted by atomic mass is 9.85. The molecule has 0 bridgehead atoms. The Balaban J connectivity index is 2.20. The van der Waals surface area contributed by atoms with E-state index >= 15 is 0 Å². The number of ether oxygens (including phenoxy) is 2. The van der Waals surface area contributed by atoms with E-state index < -0.39 is 0 Å². The highest BCUT2D eigenvalue weighted by Gasteiger charge is 2.21. The molecular formula is C18H22N2O3. The van der Waals surface area contributed by atoms with E-state index in [-0.39, 0.29) is 11.5 Å². The van der Waals surface area contributed by atoms with E-state index in [0.29, 0.717) is 23.1 Å². The number of nitriles is 1. The van der Waals surface area contributed by atoms with Crippen molar-refractivity contribution in [1.29, 1.82) is 5.26 Å². The molecule has 1 saturated carbocycles. The topological polar surface area (TPSA) is 71.3 Å². The first-order valence-electron chi connectivity index (χ1n) is 7.74. The number of hydrogen-bond donors (Lipinski definition) is 1. The second-order valence-electron chi connectivity index (χ2n) is 5.79. The second-order valence-corrected chi connectivity index (χ2v) is 5.79. The Labute approximate surface area is 136 Å². The number of anilines is 1. The number of carbonyl (C=O) groups excluding carboxylic acids is 1. The smallest absolute Gasteiger partial charge is 0.266 e. The molecule has 1 aromatic rings. The number of rotatable bonds is 4. The highest BCUT2D eigenvalue weighted by Crippen LogP contribution is 2.32. The summed E-state index contributed by atoms with van der Waals surface area (Å²) in [6.45, 7) is 2.20. The van der Waals surface area contributed by atoms with Gasteiger partial charge in [0.25, 0.3) is 5.91 Å². The number of nitrogens with one attached hydrogen (secondary N) is 1. The fraction of sp³-hybridized carbons (Fsp3) is 0.444. The minimum atomic E-state index is -0.375. The lowest BCUT2D eigenvalue weighted by molar-refractivity contribution is -0.112. The molecule has 1 aromatic carbocycles.